The van der Waals surface area contributed by atoms with Crippen molar-refractivity contribution in [3.05, 3.63) is 49.2 Å². The van der Waals surface area contributed by atoms with E-state index in [4.69, 9.17) is 16.3 Å². The monoisotopic (exact) mass is 324 g/mol. The molecule has 0 spiro atoms. The van der Waals surface area contributed by atoms with Crippen LogP contribution in [0.15, 0.2) is 24.3 Å². The zero-order chi connectivity index (χ0) is 15.0. The average Bonchev–Trinajstić information content (AvgIpc) is 2.99. The number of methoxy groups -OCH3 is 1. The van der Waals surface area contributed by atoms with Crippen LogP contribution in [-0.2, 0) is 6.42 Å². The lowest BCUT2D eigenvalue weighted by Gasteiger charge is -2.17. The van der Waals surface area contributed by atoms with E-state index >= 15 is 0 Å². The Morgan fingerprint density at radius 3 is 3.00 bits per heavy atom. The number of hydrogen-bond donors (Lipinski definition) is 1. The zero-order valence-electron chi connectivity index (χ0n) is 11.3. The van der Waals surface area contributed by atoms with Gasteiger partial charge in [0, 0.05) is 17.0 Å². The summed E-state index contributed by atoms with van der Waals surface area (Å²) in [4.78, 5) is 11.8. The summed E-state index contributed by atoms with van der Waals surface area (Å²) in [6, 6.07) is 6.63. The Morgan fingerprint density at radius 2 is 2.29 bits per heavy atom. The summed E-state index contributed by atoms with van der Waals surface area (Å²) in [5.41, 5.74) is 1.85. The van der Waals surface area contributed by atoms with Crippen LogP contribution in [0.25, 0.3) is 0 Å². The van der Waals surface area contributed by atoms with Crippen molar-refractivity contribution in [3.8, 4) is 5.75 Å². The van der Waals surface area contributed by atoms with Crippen LogP contribution in [-0.4, -0.2) is 12.0 Å². The van der Waals surface area contributed by atoms with Crippen LogP contribution < -0.4 is 10.1 Å². The predicted octanol–water partition coefficient (Wildman–Crippen LogP) is 4.42. The second kappa shape index (κ2) is 5.54. The Hall–Kier alpha value is -1.79. The topological polar surface area (TPSA) is 64.4 Å². The molecule has 1 aliphatic rings. The lowest BCUT2D eigenvalue weighted by atomic mass is 10.1. The predicted molar refractivity (Wildman–Crippen MR) is 83.7 cm³/mol. The van der Waals surface area contributed by atoms with E-state index in [0.717, 1.165) is 17.2 Å². The fraction of sp³-hybridized carbons (Fsp3) is 0.286. The van der Waals surface area contributed by atoms with Crippen LogP contribution in [0.1, 0.15) is 22.9 Å². The summed E-state index contributed by atoms with van der Waals surface area (Å²) in [7, 11) is 1.55. The minimum atomic E-state index is -0.411. The van der Waals surface area contributed by atoms with Gasteiger partial charge in [0.05, 0.1) is 28.1 Å². The maximum atomic E-state index is 10.9. The summed E-state index contributed by atoms with van der Waals surface area (Å²) < 4.78 is 6.05. The molecule has 2 aromatic rings. The molecule has 0 saturated carbocycles. The molecule has 0 saturated heterocycles. The van der Waals surface area contributed by atoms with Crippen molar-refractivity contribution in [2.45, 2.75) is 18.9 Å². The number of nitrogens with zero attached hydrogens (tertiary/aromatic N) is 1. The number of nitro groups is 1. The third-order valence-electron chi connectivity index (χ3n) is 3.57. The van der Waals surface area contributed by atoms with Crippen LogP contribution in [0.4, 0.5) is 11.4 Å². The first-order valence-corrected chi connectivity index (χ1v) is 7.65. The molecule has 5 nitrogen and oxygen atoms in total. The van der Waals surface area contributed by atoms with E-state index in [-0.39, 0.29) is 11.7 Å². The molecule has 21 heavy (non-hydrogen) atoms. The number of nitrogens with one attached hydrogen (secondary N) is 1. The molecule has 0 fully saturated rings. The quantitative estimate of drug-likeness (QED) is 0.668. The van der Waals surface area contributed by atoms with Crippen molar-refractivity contribution in [2.24, 2.45) is 0 Å². The van der Waals surface area contributed by atoms with Crippen LogP contribution >= 0.6 is 22.9 Å². The van der Waals surface area contributed by atoms with E-state index in [2.05, 4.69) is 5.32 Å². The number of aryl methyl sites for hydroxylation is 1. The van der Waals surface area contributed by atoms with E-state index in [0.29, 0.717) is 11.4 Å². The Labute approximate surface area is 130 Å². The summed E-state index contributed by atoms with van der Waals surface area (Å²) >= 11 is 7.64. The Kier molecular flexibility index (Phi) is 3.73. The van der Waals surface area contributed by atoms with Crippen molar-refractivity contribution in [1.82, 2.24) is 0 Å². The number of thiophene rings is 1. The number of ether oxygens (including phenoxy) is 1. The van der Waals surface area contributed by atoms with Crippen molar-refractivity contribution in [2.75, 3.05) is 12.4 Å². The minimum Gasteiger partial charge on any atom is -0.495 e. The lowest BCUT2D eigenvalue weighted by molar-refractivity contribution is -0.384. The van der Waals surface area contributed by atoms with Crippen molar-refractivity contribution < 1.29 is 9.66 Å². The molecule has 0 aliphatic heterocycles. The van der Waals surface area contributed by atoms with Crippen molar-refractivity contribution in [1.29, 1.82) is 0 Å². The molecule has 1 unspecified atom stereocenters. The fourth-order valence-electron chi connectivity index (χ4n) is 2.59. The van der Waals surface area contributed by atoms with Gasteiger partial charge in [0.1, 0.15) is 5.75 Å². The standard InChI is InChI=1S/C14H13ClN2O3S/c1-20-12-4-2-8(17(18)19)6-11(12)16-10-3-5-13-9(10)7-14(15)21-13/h2,4,6-7,10,16H,3,5H2,1H3. The van der Waals surface area contributed by atoms with Crippen LogP contribution in [0.3, 0.4) is 0 Å². The Balaban J connectivity index is 1.91. The van der Waals surface area contributed by atoms with Crippen LogP contribution in [0.5, 0.6) is 5.75 Å². The largest absolute Gasteiger partial charge is 0.495 e. The highest BCUT2D eigenvalue weighted by atomic mass is 35.5. The third-order valence-corrected chi connectivity index (χ3v) is 4.91. The molecule has 1 heterocycles. The Bertz CT molecular complexity index is 702. The number of non-ortho nitro benzene ring substituents is 1. The maximum Gasteiger partial charge on any atom is 0.271 e. The first-order chi connectivity index (χ1) is 10.1. The van der Waals surface area contributed by atoms with E-state index < -0.39 is 4.92 Å². The molecule has 1 aromatic heterocycles. The van der Waals surface area contributed by atoms with Gasteiger partial charge in [-0.05, 0) is 30.5 Å². The van der Waals surface area contributed by atoms with Gasteiger partial charge in [0.25, 0.3) is 5.69 Å². The molecule has 1 aromatic carbocycles. The van der Waals surface area contributed by atoms with Gasteiger partial charge >= 0.3 is 0 Å². The molecule has 1 atom stereocenters. The molecule has 3 rings (SSSR count). The molecule has 0 radical (unpaired) electrons. The number of benzene rings is 1. The molecule has 0 bridgehead atoms. The van der Waals surface area contributed by atoms with E-state index in [9.17, 15) is 10.1 Å². The number of rotatable bonds is 4. The number of anilines is 1. The van der Waals surface area contributed by atoms with Gasteiger partial charge in [-0.2, -0.15) is 0 Å². The number of hydrogen-bond acceptors (Lipinski definition) is 5. The molecule has 1 N–H and O–H groups in total. The summed E-state index contributed by atoms with van der Waals surface area (Å²) in [6.45, 7) is 0. The summed E-state index contributed by atoms with van der Waals surface area (Å²) in [6.07, 6.45) is 1.92. The van der Waals surface area contributed by atoms with Gasteiger partial charge < -0.3 is 10.1 Å². The SMILES string of the molecule is COc1ccc([N+](=O)[O-])cc1NC1CCc2sc(Cl)cc21. The first kappa shape index (κ1) is 14.2. The molecular formula is C14H13ClN2O3S. The van der Waals surface area contributed by atoms with Crippen molar-refractivity contribution in [3.63, 3.8) is 0 Å². The highest BCUT2D eigenvalue weighted by molar-refractivity contribution is 7.16. The van der Waals surface area contributed by atoms with Crippen LogP contribution in [0, 0.1) is 10.1 Å². The highest BCUT2D eigenvalue weighted by Gasteiger charge is 2.26. The number of nitro benzene ring substituents is 1. The lowest BCUT2D eigenvalue weighted by Crippen LogP contribution is -2.08. The van der Waals surface area contributed by atoms with E-state index in [1.54, 1.807) is 24.5 Å². The van der Waals surface area contributed by atoms with Crippen molar-refractivity contribution >= 4 is 34.3 Å². The average molecular weight is 325 g/mol. The first-order valence-electron chi connectivity index (χ1n) is 6.45. The molecule has 0 amide bonds. The second-order valence-corrected chi connectivity index (χ2v) is 6.57. The van der Waals surface area contributed by atoms with Gasteiger partial charge in [0.15, 0.2) is 0 Å². The second-order valence-electron chi connectivity index (χ2n) is 4.81. The fourth-order valence-corrected chi connectivity index (χ4v) is 3.95. The molecule has 1 aliphatic carbocycles. The van der Waals surface area contributed by atoms with Crippen LogP contribution in [0.2, 0.25) is 4.34 Å². The smallest absolute Gasteiger partial charge is 0.271 e. The molecule has 7 heteroatoms. The normalized spacial score (nSPS) is 16.6. The van der Waals surface area contributed by atoms with Gasteiger partial charge in [-0.3, -0.25) is 10.1 Å². The van der Waals surface area contributed by atoms with E-state index in [1.807, 2.05) is 6.07 Å². The van der Waals surface area contributed by atoms with Gasteiger partial charge in [-0.25, -0.2) is 0 Å². The minimum absolute atomic E-state index is 0.0415. The zero-order valence-corrected chi connectivity index (χ0v) is 12.8. The number of fused-ring (bicyclic) bond motifs is 1. The number of halogens is 1. The van der Waals surface area contributed by atoms with Gasteiger partial charge in [0.2, 0.25) is 0 Å². The van der Waals surface area contributed by atoms with Gasteiger partial charge in [-0.1, -0.05) is 11.6 Å². The molecule has 110 valence electrons. The maximum absolute atomic E-state index is 10.9. The van der Waals surface area contributed by atoms with Gasteiger partial charge in [-0.15, -0.1) is 11.3 Å². The summed E-state index contributed by atoms with van der Waals surface area (Å²) in [5.74, 6) is 0.593. The Morgan fingerprint density at radius 1 is 1.48 bits per heavy atom. The third kappa shape index (κ3) is 2.69. The highest BCUT2D eigenvalue weighted by Crippen LogP contribution is 2.42. The summed E-state index contributed by atoms with van der Waals surface area (Å²) in [5, 5.41) is 14.3. The van der Waals surface area contributed by atoms with E-state index in [1.165, 1.54) is 22.6 Å². The molecular weight excluding hydrogens is 312 g/mol.